The molecule has 1 aromatic carbocycles. The first kappa shape index (κ1) is 13.0. The van der Waals surface area contributed by atoms with Gasteiger partial charge < -0.3 is 19.7 Å². The number of carbonyl (C=O) groups is 2. The van der Waals surface area contributed by atoms with Gasteiger partial charge in [0.25, 0.3) is 0 Å². The van der Waals surface area contributed by atoms with Crippen LogP contribution in [-0.2, 0) is 4.79 Å². The molecule has 0 bridgehead atoms. The van der Waals surface area contributed by atoms with E-state index in [2.05, 4.69) is 0 Å². The summed E-state index contributed by atoms with van der Waals surface area (Å²) in [5, 5.41) is 18.0. The summed E-state index contributed by atoms with van der Waals surface area (Å²) in [4.78, 5) is 21.8. The SMILES string of the molecule is CC(=O)Oc1c(OC(C)O)cccc1C(=O)O. The fourth-order valence-corrected chi connectivity index (χ4v) is 1.21. The zero-order chi connectivity index (χ0) is 13.0. The Kier molecular flexibility index (Phi) is 4.06. The molecule has 0 aliphatic heterocycles. The number of carboxylic acid groups (broad SMARTS) is 1. The fourth-order valence-electron chi connectivity index (χ4n) is 1.21. The third-order valence-electron chi connectivity index (χ3n) is 1.75. The summed E-state index contributed by atoms with van der Waals surface area (Å²) in [6.45, 7) is 2.50. The highest BCUT2D eigenvalue weighted by Crippen LogP contribution is 2.32. The molecule has 1 unspecified atom stereocenters. The van der Waals surface area contributed by atoms with Gasteiger partial charge in [-0.25, -0.2) is 4.79 Å². The van der Waals surface area contributed by atoms with Gasteiger partial charge in [0.15, 0.2) is 17.8 Å². The Hall–Kier alpha value is -2.08. The van der Waals surface area contributed by atoms with E-state index in [1.165, 1.54) is 25.1 Å². The Morgan fingerprint density at radius 1 is 1.35 bits per heavy atom. The molecule has 6 nitrogen and oxygen atoms in total. The van der Waals surface area contributed by atoms with Crippen molar-refractivity contribution in [3.8, 4) is 11.5 Å². The smallest absolute Gasteiger partial charge is 0.339 e. The Balaban J connectivity index is 3.23. The van der Waals surface area contributed by atoms with Crippen molar-refractivity contribution < 1.29 is 29.3 Å². The molecule has 2 N–H and O–H groups in total. The van der Waals surface area contributed by atoms with Gasteiger partial charge in [-0.05, 0) is 19.1 Å². The Morgan fingerprint density at radius 3 is 2.47 bits per heavy atom. The molecule has 0 fully saturated rings. The Morgan fingerprint density at radius 2 is 2.00 bits per heavy atom. The van der Waals surface area contributed by atoms with E-state index in [4.69, 9.17) is 19.7 Å². The number of aromatic carboxylic acids is 1. The van der Waals surface area contributed by atoms with E-state index in [0.29, 0.717) is 0 Å². The second-order valence-corrected chi connectivity index (χ2v) is 3.25. The lowest BCUT2D eigenvalue weighted by atomic mass is 10.2. The van der Waals surface area contributed by atoms with Gasteiger partial charge in [0.2, 0.25) is 0 Å². The molecule has 92 valence electrons. The molecule has 6 heteroatoms. The second kappa shape index (κ2) is 5.31. The lowest BCUT2D eigenvalue weighted by Gasteiger charge is -2.14. The van der Waals surface area contributed by atoms with Crippen LogP contribution in [0.15, 0.2) is 18.2 Å². The molecular formula is C11H12O6. The first-order valence-electron chi connectivity index (χ1n) is 4.81. The highest BCUT2D eigenvalue weighted by atomic mass is 16.6. The summed E-state index contributed by atoms with van der Waals surface area (Å²) in [6.07, 6.45) is -1.15. The van der Waals surface area contributed by atoms with Gasteiger partial charge >= 0.3 is 11.9 Å². The first-order chi connectivity index (χ1) is 7.91. The van der Waals surface area contributed by atoms with Gasteiger partial charge in [0.05, 0.1) is 0 Å². The molecule has 1 aromatic rings. The van der Waals surface area contributed by atoms with E-state index >= 15 is 0 Å². The van der Waals surface area contributed by atoms with Crippen LogP contribution in [0.1, 0.15) is 24.2 Å². The molecule has 1 rings (SSSR count). The predicted octanol–water partition coefficient (Wildman–Crippen LogP) is 1.03. The van der Waals surface area contributed by atoms with Crippen molar-refractivity contribution >= 4 is 11.9 Å². The lowest BCUT2D eigenvalue weighted by molar-refractivity contribution is -0.132. The minimum absolute atomic E-state index is 0.00454. The van der Waals surface area contributed by atoms with Crippen molar-refractivity contribution in [2.75, 3.05) is 0 Å². The maximum absolute atomic E-state index is 10.9. The van der Waals surface area contributed by atoms with E-state index in [9.17, 15) is 9.59 Å². The first-order valence-corrected chi connectivity index (χ1v) is 4.81. The summed E-state index contributed by atoms with van der Waals surface area (Å²) in [7, 11) is 0. The summed E-state index contributed by atoms with van der Waals surface area (Å²) >= 11 is 0. The quantitative estimate of drug-likeness (QED) is 0.463. The van der Waals surface area contributed by atoms with Crippen LogP contribution >= 0.6 is 0 Å². The summed E-state index contributed by atoms with van der Waals surface area (Å²) in [5.74, 6) is -2.14. The van der Waals surface area contributed by atoms with Crippen LogP contribution in [0.5, 0.6) is 11.5 Å². The number of hydrogen-bond donors (Lipinski definition) is 2. The molecule has 0 heterocycles. The highest BCUT2D eigenvalue weighted by molar-refractivity contribution is 5.93. The number of rotatable bonds is 4. The number of esters is 1. The van der Waals surface area contributed by atoms with Gasteiger partial charge in [-0.2, -0.15) is 0 Å². The second-order valence-electron chi connectivity index (χ2n) is 3.25. The van der Waals surface area contributed by atoms with E-state index in [0.717, 1.165) is 6.92 Å². The normalized spacial score (nSPS) is 11.7. The number of aliphatic hydroxyl groups is 1. The van der Waals surface area contributed by atoms with Gasteiger partial charge in [-0.15, -0.1) is 0 Å². The topological polar surface area (TPSA) is 93.1 Å². The zero-order valence-electron chi connectivity index (χ0n) is 9.34. The van der Waals surface area contributed by atoms with Gasteiger partial charge in [-0.1, -0.05) is 6.07 Å². The molecule has 0 aromatic heterocycles. The van der Waals surface area contributed by atoms with E-state index in [1.54, 1.807) is 0 Å². The van der Waals surface area contributed by atoms with Crippen LogP contribution in [0.4, 0.5) is 0 Å². The van der Waals surface area contributed by atoms with Crippen molar-refractivity contribution in [3.05, 3.63) is 23.8 Å². The van der Waals surface area contributed by atoms with Crippen LogP contribution < -0.4 is 9.47 Å². The van der Waals surface area contributed by atoms with Gasteiger partial charge in [-0.3, -0.25) is 4.79 Å². The Bertz CT molecular complexity index is 438. The van der Waals surface area contributed by atoms with Crippen molar-refractivity contribution in [2.24, 2.45) is 0 Å². The minimum Gasteiger partial charge on any atom is -0.478 e. The number of carboxylic acids is 1. The third-order valence-corrected chi connectivity index (χ3v) is 1.75. The lowest BCUT2D eigenvalue weighted by Crippen LogP contribution is -2.14. The monoisotopic (exact) mass is 240 g/mol. The number of carbonyl (C=O) groups excluding carboxylic acids is 1. The molecule has 0 saturated heterocycles. The summed E-state index contributed by atoms with van der Waals surface area (Å²) in [5.41, 5.74) is -0.210. The molecule has 0 saturated carbocycles. The summed E-state index contributed by atoms with van der Waals surface area (Å²) < 4.78 is 9.73. The molecule has 17 heavy (non-hydrogen) atoms. The number of hydrogen-bond acceptors (Lipinski definition) is 5. The average molecular weight is 240 g/mol. The standard InChI is InChI=1S/C11H12O6/c1-6(12)16-9-5-3-4-8(11(14)15)10(9)17-7(2)13/h3-6,12H,1-2H3,(H,14,15). The molecule has 1 atom stereocenters. The highest BCUT2D eigenvalue weighted by Gasteiger charge is 2.19. The van der Waals surface area contributed by atoms with Crippen LogP contribution in [0.3, 0.4) is 0 Å². The number of aliphatic hydroxyl groups excluding tert-OH is 1. The maximum Gasteiger partial charge on any atom is 0.339 e. The summed E-state index contributed by atoms with van der Waals surface area (Å²) in [6, 6.07) is 4.10. The number of ether oxygens (including phenoxy) is 2. The van der Waals surface area contributed by atoms with E-state index in [-0.39, 0.29) is 17.1 Å². The largest absolute Gasteiger partial charge is 0.478 e. The van der Waals surface area contributed by atoms with Crippen LogP contribution in [0.2, 0.25) is 0 Å². The van der Waals surface area contributed by atoms with Crippen molar-refractivity contribution in [1.82, 2.24) is 0 Å². The van der Waals surface area contributed by atoms with Crippen LogP contribution in [0.25, 0.3) is 0 Å². The predicted molar refractivity (Wildman–Crippen MR) is 57.0 cm³/mol. The molecule has 0 aliphatic carbocycles. The van der Waals surface area contributed by atoms with Crippen molar-refractivity contribution in [3.63, 3.8) is 0 Å². The van der Waals surface area contributed by atoms with Crippen LogP contribution in [-0.4, -0.2) is 28.4 Å². The molecule has 0 amide bonds. The minimum atomic E-state index is -1.25. The van der Waals surface area contributed by atoms with E-state index < -0.39 is 18.2 Å². The maximum atomic E-state index is 10.9. The van der Waals surface area contributed by atoms with E-state index in [1.807, 2.05) is 0 Å². The molecule has 0 aliphatic rings. The van der Waals surface area contributed by atoms with Crippen molar-refractivity contribution in [2.45, 2.75) is 20.1 Å². The average Bonchev–Trinajstić information content (AvgIpc) is 2.18. The number of para-hydroxylation sites is 1. The molecular weight excluding hydrogens is 228 g/mol. The van der Waals surface area contributed by atoms with Crippen LogP contribution in [0, 0.1) is 0 Å². The Labute approximate surface area is 97.4 Å². The molecule has 0 radical (unpaired) electrons. The van der Waals surface area contributed by atoms with Gasteiger partial charge in [0, 0.05) is 6.92 Å². The molecule has 0 spiro atoms. The zero-order valence-corrected chi connectivity index (χ0v) is 9.34. The fraction of sp³-hybridized carbons (Fsp3) is 0.273. The number of benzene rings is 1. The van der Waals surface area contributed by atoms with Crippen molar-refractivity contribution in [1.29, 1.82) is 0 Å². The van der Waals surface area contributed by atoms with Gasteiger partial charge in [0.1, 0.15) is 5.56 Å². The third kappa shape index (κ3) is 3.46.